The first-order valence-corrected chi connectivity index (χ1v) is 5.64. The van der Waals surface area contributed by atoms with Crippen molar-refractivity contribution in [1.29, 1.82) is 0 Å². The van der Waals surface area contributed by atoms with Gasteiger partial charge in [0.25, 0.3) is 0 Å². The normalized spacial score (nSPS) is 19.2. The molecule has 1 heterocycles. The maximum atomic E-state index is 5.96. The first kappa shape index (κ1) is 12.3. The highest BCUT2D eigenvalue weighted by Crippen LogP contribution is 2.39. The van der Waals surface area contributed by atoms with Crippen LogP contribution in [0.4, 0.5) is 0 Å². The van der Waals surface area contributed by atoms with E-state index in [1.54, 1.807) is 0 Å². The number of hydrogen-bond acceptors (Lipinski definition) is 2. The number of rotatable bonds is 0. The first-order valence-electron chi connectivity index (χ1n) is 4.06. The lowest BCUT2D eigenvalue weighted by Gasteiger charge is -2.24. The van der Waals surface area contributed by atoms with Crippen LogP contribution in [-0.4, -0.2) is 6.61 Å². The van der Waals surface area contributed by atoms with Gasteiger partial charge in [-0.05, 0) is 28.1 Å². The minimum atomic E-state index is 0. The zero-order valence-electron chi connectivity index (χ0n) is 7.30. The van der Waals surface area contributed by atoms with Crippen LogP contribution in [0.5, 0.6) is 5.75 Å². The topological polar surface area (TPSA) is 35.2 Å². The molecule has 1 aliphatic heterocycles. The second-order valence-corrected chi connectivity index (χ2v) is 4.82. The molecule has 0 saturated heterocycles. The van der Waals surface area contributed by atoms with Gasteiger partial charge < -0.3 is 10.5 Å². The molecule has 0 radical (unpaired) electrons. The maximum absolute atomic E-state index is 5.96. The molecule has 2 N–H and O–H groups in total. The molecular weight excluding hydrogens is 333 g/mol. The number of halogens is 3. The Hall–Kier alpha value is 0.230. The molecule has 2 nitrogen and oxygen atoms in total. The zero-order valence-corrected chi connectivity index (χ0v) is 11.3. The average molecular weight is 343 g/mol. The summed E-state index contributed by atoms with van der Waals surface area (Å²) >= 11 is 6.88. The van der Waals surface area contributed by atoms with Crippen molar-refractivity contribution < 1.29 is 4.74 Å². The molecule has 1 atom stereocenters. The van der Waals surface area contributed by atoms with E-state index in [0.717, 1.165) is 26.7 Å². The maximum Gasteiger partial charge on any atom is 0.138 e. The van der Waals surface area contributed by atoms with E-state index in [0.29, 0.717) is 6.61 Å². The largest absolute Gasteiger partial charge is 0.492 e. The van der Waals surface area contributed by atoms with E-state index >= 15 is 0 Å². The molecule has 2 rings (SSSR count). The van der Waals surface area contributed by atoms with Crippen molar-refractivity contribution >= 4 is 44.3 Å². The second kappa shape index (κ2) is 4.84. The molecule has 0 bridgehead atoms. The monoisotopic (exact) mass is 341 g/mol. The lowest BCUT2D eigenvalue weighted by molar-refractivity contribution is 0.267. The van der Waals surface area contributed by atoms with E-state index in [4.69, 9.17) is 10.5 Å². The molecule has 14 heavy (non-hydrogen) atoms. The van der Waals surface area contributed by atoms with Gasteiger partial charge in [-0.15, -0.1) is 12.4 Å². The number of nitrogens with two attached hydrogens (primary N) is 1. The third-order valence-corrected chi connectivity index (χ3v) is 3.16. The van der Waals surface area contributed by atoms with Gasteiger partial charge in [-0.1, -0.05) is 15.9 Å². The van der Waals surface area contributed by atoms with Crippen LogP contribution >= 0.6 is 44.3 Å². The van der Waals surface area contributed by atoms with Crippen molar-refractivity contribution in [3.05, 3.63) is 26.6 Å². The van der Waals surface area contributed by atoms with Gasteiger partial charge in [0.15, 0.2) is 0 Å². The van der Waals surface area contributed by atoms with Crippen LogP contribution in [0.2, 0.25) is 0 Å². The van der Waals surface area contributed by atoms with Gasteiger partial charge >= 0.3 is 0 Å². The van der Waals surface area contributed by atoms with Crippen LogP contribution in [0, 0.1) is 0 Å². The number of fused-ring (bicyclic) bond motifs is 1. The quantitative estimate of drug-likeness (QED) is 0.783. The van der Waals surface area contributed by atoms with Gasteiger partial charge in [0.05, 0.1) is 11.1 Å². The zero-order chi connectivity index (χ0) is 9.42. The summed E-state index contributed by atoms with van der Waals surface area (Å²) in [5.74, 6) is 0.891. The molecule has 0 aromatic heterocycles. The lowest BCUT2D eigenvalue weighted by atomic mass is 10.0. The molecule has 0 amide bonds. The number of hydrogen-bond donors (Lipinski definition) is 1. The summed E-state index contributed by atoms with van der Waals surface area (Å²) in [4.78, 5) is 0. The van der Waals surface area contributed by atoms with Gasteiger partial charge in [0.1, 0.15) is 5.75 Å². The van der Waals surface area contributed by atoms with Crippen molar-refractivity contribution in [2.24, 2.45) is 5.73 Å². The molecule has 0 spiro atoms. The van der Waals surface area contributed by atoms with E-state index in [2.05, 4.69) is 31.9 Å². The summed E-state index contributed by atoms with van der Waals surface area (Å²) in [7, 11) is 0. The number of ether oxygens (including phenoxy) is 1. The van der Waals surface area contributed by atoms with Crippen molar-refractivity contribution in [3.63, 3.8) is 0 Å². The van der Waals surface area contributed by atoms with Crippen LogP contribution in [0.3, 0.4) is 0 Å². The first-order chi connectivity index (χ1) is 6.18. The molecule has 1 aliphatic rings. The summed E-state index contributed by atoms with van der Waals surface area (Å²) < 4.78 is 7.52. The summed E-state index contributed by atoms with van der Waals surface area (Å²) in [5, 5.41) is 0. The molecular formula is C9H10Br2ClNO. The fraction of sp³-hybridized carbons (Fsp3) is 0.333. The Morgan fingerprint density at radius 1 is 1.36 bits per heavy atom. The van der Waals surface area contributed by atoms with E-state index in [-0.39, 0.29) is 18.4 Å². The third kappa shape index (κ3) is 2.24. The Morgan fingerprint density at radius 3 is 2.79 bits per heavy atom. The van der Waals surface area contributed by atoms with Crippen LogP contribution < -0.4 is 10.5 Å². The van der Waals surface area contributed by atoms with Crippen molar-refractivity contribution in [3.8, 4) is 5.75 Å². The van der Waals surface area contributed by atoms with Crippen LogP contribution in [0.25, 0.3) is 0 Å². The predicted molar refractivity (Wildman–Crippen MR) is 66.1 cm³/mol. The molecule has 1 aromatic carbocycles. The molecule has 0 saturated carbocycles. The highest BCUT2D eigenvalue weighted by molar-refractivity contribution is 9.11. The Morgan fingerprint density at radius 2 is 2.07 bits per heavy atom. The standard InChI is InChI=1S/C9H9Br2NO.ClH/c10-5-3-6-8(12)1-2-13-9(6)7(11)4-5;/h3-4,8H,1-2,12H2;1H. The lowest BCUT2D eigenvalue weighted by Crippen LogP contribution is -2.20. The Labute approximate surface area is 106 Å². The molecule has 1 aromatic rings. The van der Waals surface area contributed by atoms with Crippen molar-refractivity contribution in [2.45, 2.75) is 12.5 Å². The Kier molecular flexibility index (Phi) is 4.25. The van der Waals surface area contributed by atoms with E-state index in [1.807, 2.05) is 12.1 Å². The third-order valence-electron chi connectivity index (χ3n) is 2.11. The van der Waals surface area contributed by atoms with Crippen LogP contribution in [-0.2, 0) is 0 Å². The molecule has 0 fully saturated rings. The van der Waals surface area contributed by atoms with Gasteiger partial charge in [0.2, 0.25) is 0 Å². The van der Waals surface area contributed by atoms with Crippen molar-refractivity contribution in [1.82, 2.24) is 0 Å². The minimum Gasteiger partial charge on any atom is -0.492 e. The summed E-state index contributed by atoms with van der Waals surface area (Å²) in [6.07, 6.45) is 0.885. The second-order valence-electron chi connectivity index (χ2n) is 3.05. The SMILES string of the molecule is Cl.NC1CCOc2c(Br)cc(Br)cc21. The fourth-order valence-electron chi connectivity index (χ4n) is 1.45. The average Bonchev–Trinajstić information content (AvgIpc) is 2.07. The Balaban J connectivity index is 0.000000980. The van der Waals surface area contributed by atoms with Gasteiger partial charge in [-0.3, -0.25) is 0 Å². The smallest absolute Gasteiger partial charge is 0.138 e. The van der Waals surface area contributed by atoms with Crippen LogP contribution in [0.15, 0.2) is 21.1 Å². The fourth-order valence-corrected chi connectivity index (χ4v) is 2.82. The molecule has 5 heteroatoms. The highest BCUT2D eigenvalue weighted by Gasteiger charge is 2.20. The van der Waals surface area contributed by atoms with Crippen molar-refractivity contribution in [2.75, 3.05) is 6.61 Å². The Bertz CT molecular complexity index is 346. The predicted octanol–water partition coefficient (Wildman–Crippen LogP) is 3.42. The van der Waals surface area contributed by atoms with E-state index < -0.39 is 0 Å². The van der Waals surface area contributed by atoms with Gasteiger partial charge in [-0.25, -0.2) is 0 Å². The van der Waals surface area contributed by atoms with Crippen LogP contribution in [0.1, 0.15) is 18.0 Å². The van der Waals surface area contributed by atoms with E-state index in [9.17, 15) is 0 Å². The van der Waals surface area contributed by atoms with E-state index in [1.165, 1.54) is 0 Å². The minimum absolute atomic E-state index is 0. The summed E-state index contributed by atoms with van der Waals surface area (Å²) in [6, 6.07) is 4.08. The summed E-state index contributed by atoms with van der Waals surface area (Å²) in [6.45, 7) is 0.703. The van der Waals surface area contributed by atoms with Gasteiger partial charge in [0, 0.05) is 22.5 Å². The molecule has 0 aliphatic carbocycles. The molecule has 1 unspecified atom stereocenters. The molecule has 78 valence electrons. The van der Waals surface area contributed by atoms with Gasteiger partial charge in [-0.2, -0.15) is 0 Å². The number of benzene rings is 1. The summed E-state index contributed by atoms with van der Waals surface area (Å²) in [5.41, 5.74) is 7.04. The highest BCUT2D eigenvalue weighted by atomic mass is 79.9.